The van der Waals surface area contributed by atoms with E-state index >= 15 is 0 Å². The molecule has 0 radical (unpaired) electrons. The maximum atomic E-state index is 12.3. The lowest BCUT2D eigenvalue weighted by molar-refractivity contribution is -0.128. The van der Waals surface area contributed by atoms with E-state index in [1.54, 1.807) is 0 Å². The number of carbonyl (C=O) groups excluding carboxylic acids is 1. The molecule has 1 saturated heterocycles. The predicted octanol–water partition coefficient (Wildman–Crippen LogP) is 2.16. The second kappa shape index (κ2) is 8.20. The standard InChI is InChI=1S/C15H31N3O.ClH/c1-6-15(4,5)17-14(19)12(3)18-9-7-13(8-10-18)11(2)16;/h11-13H,6-10,16H2,1-5H3,(H,17,19);1H. The highest BCUT2D eigenvalue weighted by Gasteiger charge is 2.29. The fourth-order valence-corrected chi connectivity index (χ4v) is 2.52. The number of nitrogens with one attached hydrogen (secondary N) is 1. The molecule has 0 spiro atoms. The van der Waals surface area contributed by atoms with Crippen molar-refractivity contribution in [3.05, 3.63) is 0 Å². The second-order valence-corrected chi connectivity index (χ2v) is 6.64. The summed E-state index contributed by atoms with van der Waals surface area (Å²) in [5.41, 5.74) is 5.84. The number of piperidine rings is 1. The highest BCUT2D eigenvalue weighted by molar-refractivity contribution is 5.85. The molecule has 1 aliphatic heterocycles. The molecule has 0 aliphatic carbocycles. The zero-order valence-corrected chi connectivity index (χ0v) is 14.4. The van der Waals surface area contributed by atoms with Gasteiger partial charge in [-0.1, -0.05) is 6.92 Å². The van der Waals surface area contributed by atoms with Gasteiger partial charge in [0.2, 0.25) is 5.91 Å². The first-order chi connectivity index (χ1) is 8.76. The highest BCUT2D eigenvalue weighted by atomic mass is 35.5. The van der Waals surface area contributed by atoms with E-state index in [0.717, 1.165) is 32.4 Å². The Morgan fingerprint density at radius 3 is 2.25 bits per heavy atom. The van der Waals surface area contributed by atoms with Crippen molar-refractivity contribution < 1.29 is 4.79 Å². The van der Waals surface area contributed by atoms with Crippen molar-refractivity contribution >= 4 is 18.3 Å². The third-order valence-electron chi connectivity index (χ3n) is 4.59. The Morgan fingerprint density at radius 2 is 1.85 bits per heavy atom. The minimum absolute atomic E-state index is 0. The maximum absolute atomic E-state index is 12.3. The van der Waals surface area contributed by atoms with Crippen LogP contribution in [0.5, 0.6) is 0 Å². The van der Waals surface area contributed by atoms with Crippen LogP contribution in [0.25, 0.3) is 0 Å². The smallest absolute Gasteiger partial charge is 0.237 e. The van der Waals surface area contributed by atoms with Crippen molar-refractivity contribution in [1.29, 1.82) is 0 Å². The Morgan fingerprint density at radius 1 is 1.35 bits per heavy atom. The van der Waals surface area contributed by atoms with E-state index in [1.165, 1.54) is 0 Å². The van der Waals surface area contributed by atoms with Crippen molar-refractivity contribution in [3.63, 3.8) is 0 Å². The fourth-order valence-electron chi connectivity index (χ4n) is 2.52. The van der Waals surface area contributed by atoms with Crippen LogP contribution in [0.15, 0.2) is 0 Å². The van der Waals surface area contributed by atoms with Crippen LogP contribution >= 0.6 is 12.4 Å². The predicted molar refractivity (Wildman–Crippen MR) is 87.2 cm³/mol. The van der Waals surface area contributed by atoms with Gasteiger partial charge >= 0.3 is 0 Å². The molecule has 0 aromatic carbocycles. The average Bonchev–Trinajstić information content (AvgIpc) is 2.37. The Balaban J connectivity index is 0.00000361. The van der Waals surface area contributed by atoms with Gasteiger partial charge in [-0.05, 0) is 66.0 Å². The molecule has 5 heteroatoms. The molecule has 0 aromatic heterocycles. The van der Waals surface area contributed by atoms with Crippen LogP contribution in [0.4, 0.5) is 0 Å². The van der Waals surface area contributed by atoms with E-state index in [0.29, 0.717) is 5.92 Å². The number of likely N-dealkylation sites (tertiary alicyclic amines) is 1. The van der Waals surface area contributed by atoms with E-state index in [9.17, 15) is 4.79 Å². The number of hydrogen-bond acceptors (Lipinski definition) is 3. The van der Waals surface area contributed by atoms with Gasteiger partial charge in [0.05, 0.1) is 6.04 Å². The first-order valence-corrected chi connectivity index (χ1v) is 7.58. The molecule has 0 aromatic rings. The van der Waals surface area contributed by atoms with E-state index in [-0.39, 0.29) is 35.9 Å². The molecule has 3 N–H and O–H groups in total. The van der Waals surface area contributed by atoms with E-state index < -0.39 is 0 Å². The van der Waals surface area contributed by atoms with Crippen molar-refractivity contribution in [3.8, 4) is 0 Å². The molecule has 0 bridgehead atoms. The summed E-state index contributed by atoms with van der Waals surface area (Å²) >= 11 is 0. The number of nitrogens with two attached hydrogens (primary N) is 1. The Bertz CT molecular complexity index is 299. The zero-order chi connectivity index (χ0) is 14.6. The molecular formula is C15H32ClN3O. The largest absolute Gasteiger partial charge is 0.350 e. The summed E-state index contributed by atoms with van der Waals surface area (Å²) in [5, 5.41) is 3.13. The molecule has 1 aliphatic rings. The molecule has 20 heavy (non-hydrogen) atoms. The minimum Gasteiger partial charge on any atom is -0.350 e. The van der Waals surface area contributed by atoms with Crippen molar-refractivity contribution in [2.45, 2.75) is 71.5 Å². The van der Waals surface area contributed by atoms with Crippen LogP contribution in [0, 0.1) is 5.92 Å². The SMILES string of the molecule is CCC(C)(C)NC(=O)C(C)N1CCC(C(C)N)CC1.Cl. The third-order valence-corrected chi connectivity index (χ3v) is 4.59. The van der Waals surface area contributed by atoms with Gasteiger partial charge in [-0.2, -0.15) is 0 Å². The molecule has 4 nitrogen and oxygen atoms in total. The Labute approximate surface area is 130 Å². The quantitative estimate of drug-likeness (QED) is 0.818. The van der Waals surface area contributed by atoms with Gasteiger partial charge in [0.1, 0.15) is 0 Å². The van der Waals surface area contributed by atoms with Crippen molar-refractivity contribution in [1.82, 2.24) is 10.2 Å². The summed E-state index contributed by atoms with van der Waals surface area (Å²) in [7, 11) is 0. The summed E-state index contributed by atoms with van der Waals surface area (Å²) < 4.78 is 0. The van der Waals surface area contributed by atoms with Crippen LogP contribution in [0.3, 0.4) is 0 Å². The lowest BCUT2D eigenvalue weighted by Gasteiger charge is -2.37. The second-order valence-electron chi connectivity index (χ2n) is 6.64. The van der Waals surface area contributed by atoms with E-state index in [1.807, 2.05) is 6.92 Å². The summed E-state index contributed by atoms with van der Waals surface area (Å²) in [6.45, 7) is 12.3. The topological polar surface area (TPSA) is 58.4 Å². The molecule has 2 atom stereocenters. The fraction of sp³-hybridized carbons (Fsp3) is 0.933. The van der Waals surface area contributed by atoms with Gasteiger partial charge in [0, 0.05) is 11.6 Å². The van der Waals surface area contributed by atoms with Crippen molar-refractivity contribution in [2.75, 3.05) is 13.1 Å². The number of carbonyl (C=O) groups is 1. The van der Waals surface area contributed by atoms with Crippen LogP contribution in [0.2, 0.25) is 0 Å². The lowest BCUT2D eigenvalue weighted by Crippen LogP contribution is -2.54. The van der Waals surface area contributed by atoms with Crippen LogP contribution in [-0.4, -0.2) is 41.5 Å². The minimum atomic E-state index is -0.116. The molecule has 1 amide bonds. The van der Waals surface area contributed by atoms with E-state index in [4.69, 9.17) is 5.73 Å². The van der Waals surface area contributed by atoms with Gasteiger partial charge in [0.25, 0.3) is 0 Å². The Kier molecular flexibility index (Phi) is 8.07. The van der Waals surface area contributed by atoms with Gasteiger partial charge in [-0.3, -0.25) is 9.69 Å². The molecule has 2 unspecified atom stereocenters. The van der Waals surface area contributed by atoms with Gasteiger partial charge in [-0.15, -0.1) is 12.4 Å². The molecular weight excluding hydrogens is 274 g/mol. The lowest BCUT2D eigenvalue weighted by atomic mass is 9.90. The molecule has 1 fully saturated rings. The number of hydrogen-bond donors (Lipinski definition) is 2. The normalized spacial score (nSPS) is 20.9. The van der Waals surface area contributed by atoms with Gasteiger partial charge < -0.3 is 11.1 Å². The first-order valence-electron chi connectivity index (χ1n) is 7.58. The molecule has 1 rings (SSSR count). The number of amides is 1. The molecule has 1 heterocycles. The van der Waals surface area contributed by atoms with Crippen LogP contribution in [0.1, 0.15) is 53.9 Å². The van der Waals surface area contributed by atoms with E-state index in [2.05, 4.69) is 37.9 Å². The summed E-state index contributed by atoms with van der Waals surface area (Å²) in [6.07, 6.45) is 3.15. The van der Waals surface area contributed by atoms with Gasteiger partial charge in [-0.25, -0.2) is 0 Å². The summed E-state index contributed by atoms with van der Waals surface area (Å²) in [5.74, 6) is 0.754. The monoisotopic (exact) mass is 305 g/mol. The average molecular weight is 306 g/mol. The summed E-state index contributed by atoms with van der Waals surface area (Å²) in [4.78, 5) is 14.5. The summed E-state index contributed by atoms with van der Waals surface area (Å²) in [6, 6.07) is 0.227. The highest BCUT2D eigenvalue weighted by Crippen LogP contribution is 2.21. The zero-order valence-electron chi connectivity index (χ0n) is 13.6. The number of rotatable bonds is 5. The van der Waals surface area contributed by atoms with Crippen LogP contribution < -0.4 is 11.1 Å². The Hall–Kier alpha value is -0.320. The molecule has 0 saturated carbocycles. The van der Waals surface area contributed by atoms with Gasteiger partial charge in [0.15, 0.2) is 0 Å². The third kappa shape index (κ3) is 5.58. The first kappa shape index (κ1) is 19.7. The van der Waals surface area contributed by atoms with Crippen molar-refractivity contribution in [2.24, 2.45) is 11.7 Å². The number of nitrogens with zero attached hydrogens (tertiary/aromatic N) is 1. The van der Waals surface area contributed by atoms with Crippen LogP contribution in [-0.2, 0) is 4.79 Å². The maximum Gasteiger partial charge on any atom is 0.237 e. The number of halogens is 1. The molecule has 120 valence electrons.